The van der Waals surface area contributed by atoms with Crippen LogP contribution in [0.5, 0.6) is 5.75 Å². The van der Waals surface area contributed by atoms with Gasteiger partial charge in [-0.2, -0.15) is 13.2 Å². The van der Waals surface area contributed by atoms with Crippen molar-refractivity contribution in [1.29, 1.82) is 0 Å². The van der Waals surface area contributed by atoms with Gasteiger partial charge in [-0.15, -0.1) is 10.2 Å². The van der Waals surface area contributed by atoms with Crippen LogP contribution in [-0.2, 0) is 12.7 Å². The van der Waals surface area contributed by atoms with Gasteiger partial charge in [0.15, 0.2) is 5.69 Å². The Hall–Kier alpha value is -2.84. The lowest BCUT2D eigenvalue weighted by Crippen LogP contribution is -2.20. The van der Waals surface area contributed by atoms with Gasteiger partial charge in [0.25, 0.3) is 5.91 Å². The zero-order chi connectivity index (χ0) is 19.3. The Morgan fingerprint density at radius 2 is 1.92 bits per heavy atom. The maximum Gasteiger partial charge on any atom is 0.416 e. The number of rotatable bonds is 6. The number of nitrogens with zero attached hydrogens (tertiary/aromatic N) is 2. The van der Waals surface area contributed by atoms with Crippen LogP contribution in [0.15, 0.2) is 30.3 Å². The van der Waals surface area contributed by atoms with Crippen molar-refractivity contribution in [1.82, 2.24) is 15.5 Å². The summed E-state index contributed by atoms with van der Waals surface area (Å²) >= 11 is 0. The van der Waals surface area contributed by atoms with Crippen molar-refractivity contribution in [3.05, 3.63) is 47.2 Å². The van der Waals surface area contributed by atoms with Crippen molar-refractivity contribution in [3.8, 4) is 5.75 Å². The first kappa shape index (κ1) is 19.5. The van der Waals surface area contributed by atoms with Crippen molar-refractivity contribution in [2.24, 2.45) is 0 Å². The van der Waals surface area contributed by atoms with E-state index in [9.17, 15) is 18.0 Å². The molecule has 0 saturated heterocycles. The van der Waals surface area contributed by atoms with E-state index in [1.165, 1.54) is 31.3 Å². The molecular formula is C17H19F3N4O2. The normalized spacial score (nSPS) is 11.3. The largest absolute Gasteiger partial charge is 0.491 e. The first-order valence-corrected chi connectivity index (χ1v) is 7.87. The molecule has 0 saturated carbocycles. The number of benzene rings is 1. The quantitative estimate of drug-likeness (QED) is 0.819. The fourth-order valence-electron chi connectivity index (χ4n) is 2.18. The lowest BCUT2D eigenvalue weighted by atomic mass is 10.1. The first-order chi connectivity index (χ1) is 12.2. The van der Waals surface area contributed by atoms with Gasteiger partial charge in [0.05, 0.1) is 11.7 Å². The zero-order valence-electron chi connectivity index (χ0n) is 14.5. The molecule has 26 heavy (non-hydrogen) atoms. The highest BCUT2D eigenvalue weighted by Crippen LogP contribution is 2.35. The molecule has 0 spiro atoms. The van der Waals surface area contributed by atoms with Crippen molar-refractivity contribution >= 4 is 11.7 Å². The number of anilines is 1. The summed E-state index contributed by atoms with van der Waals surface area (Å²) in [5.74, 6) is 0.0169. The highest BCUT2D eigenvalue weighted by atomic mass is 19.4. The highest BCUT2D eigenvalue weighted by molar-refractivity contribution is 5.91. The second-order valence-corrected chi connectivity index (χ2v) is 5.72. The van der Waals surface area contributed by atoms with Crippen LogP contribution in [0.1, 0.15) is 35.5 Å². The molecule has 2 N–H and O–H groups in total. The summed E-state index contributed by atoms with van der Waals surface area (Å²) < 4.78 is 45.3. The Morgan fingerprint density at radius 3 is 2.46 bits per heavy atom. The summed E-state index contributed by atoms with van der Waals surface area (Å²) in [6, 6.07) is 6.74. The molecule has 1 amide bonds. The Balaban J connectivity index is 2.16. The summed E-state index contributed by atoms with van der Waals surface area (Å²) in [6.45, 7) is 3.37. The van der Waals surface area contributed by atoms with Gasteiger partial charge in [-0.25, -0.2) is 0 Å². The number of hydrogen-bond donors (Lipinski definition) is 2. The average Bonchev–Trinajstić information content (AvgIpc) is 2.59. The third kappa shape index (κ3) is 5.08. The van der Waals surface area contributed by atoms with Crippen LogP contribution in [0.2, 0.25) is 0 Å². The van der Waals surface area contributed by atoms with Crippen molar-refractivity contribution in [2.75, 3.05) is 12.4 Å². The Bertz CT molecular complexity index is 762. The minimum absolute atomic E-state index is 0.0470. The molecule has 6 nitrogen and oxygen atoms in total. The van der Waals surface area contributed by atoms with Gasteiger partial charge in [-0.05, 0) is 43.7 Å². The molecule has 1 aromatic carbocycles. The molecule has 0 aliphatic heterocycles. The molecular weight excluding hydrogens is 349 g/mol. The standard InChI is InChI=1S/C17H19F3N4O2/c1-10(2)26-12-5-4-11(13(8-12)17(18,19)20)9-22-15-7-6-14(23-24-15)16(25)21-3/h4-8,10H,9H2,1-3H3,(H,21,25)(H,22,24). The molecule has 0 aliphatic carbocycles. The summed E-state index contributed by atoms with van der Waals surface area (Å²) in [7, 11) is 1.46. The van der Waals surface area contributed by atoms with Crippen LogP contribution in [0, 0.1) is 0 Å². The van der Waals surface area contributed by atoms with Crippen LogP contribution in [0.4, 0.5) is 19.0 Å². The number of halogens is 3. The molecule has 2 aromatic rings. The van der Waals surface area contributed by atoms with Crippen molar-refractivity contribution in [2.45, 2.75) is 32.7 Å². The van der Waals surface area contributed by atoms with Gasteiger partial charge in [0.1, 0.15) is 11.6 Å². The Labute approximate surface area is 148 Å². The maximum absolute atomic E-state index is 13.3. The second kappa shape index (κ2) is 8.03. The van der Waals surface area contributed by atoms with E-state index in [0.29, 0.717) is 0 Å². The molecule has 0 radical (unpaired) electrons. The van der Waals surface area contributed by atoms with Crippen molar-refractivity contribution in [3.63, 3.8) is 0 Å². The van der Waals surface area contributed by atoms with E-state index in [1.807, 2.05) is 0 Å². The fourth-order valence-corrected chi connectivity index (χ4v) is 2.18. The summed E-state index contributed by atoms with van der Waals surface area (Å²) in [6.07, 6.45) is -4.74. The Morgan fingerprint density at radius 1 is 1.19 bits per heavy atom. The molecule has 0 fully saturated rings. The number of amides is 1. The number of hydrogen-bond acceptors (Lipinski definition) is 5. The molecule has 0 bridgehead atoms. The number of ether oxygens (including phenoxy) is 1. The minimum atomic E-state index is -4.51. The molecule has 0 unspecified atom stereocenters. The molecule has 1 heterocycles. The number of carbonyl (C=O) groups excluding carboxylic acids is 1. The maximum atomic E-state index is 13.3. The number of aromatic nitrogens is 2. The van der Waals surface area contributed by atoms with E-state index in [-0.39, 0.29) is 35.5 Å². The summed E-state index contributed by atoms with van der Waals surface area (Å²) in [5, 5.41) is 12.7. The van der Waals surface area contributed by atoms with E-state index in [0.717, 1.165) is 6.07 Å². The molecule has 2 rings (SSSR count). The van der Waals surface area contributed by atoms with Crippen LogP contribution in [0.3, 0.4) is 0 Å². The highest BCUT2D eigenvalue weighted by Gasteiger charge is 2.33. The molecule has 1 aromatic heterocycles. The van der Waals surface area contributed by atoms with Gasteiger partial charge < -0.3 is 15.4 Å². The smallest absolute Gasteiger partial charge is 0.416 e. The lowest BCUT2D eigenvalue weighted by Gasteiger charge is -2.17. The van der Waals surface area contributed by atoms with Gasteiger partial charge in [-0.1, -0.05) is 6.07 Å². The second-order valence-electron chi connectivity index (χ2n) is 5.72. The SMILES string of the molecule is CNC(=O)c1ccc(NCc2ccc(OC(C)C)cc2C(F)(F)F)nn1. The third-order valence-corrected chi connectivity index (χ3v) is 3.34. The average molecular weight is 368 g/mol. The molecule has 140 valence electrons. The molecule has 9 heteroatoms. The topological polar surface area (TPSA) is 76.1 Å². The van der Waals surface area contributed by atoms with Gasteiger partial charge >= 0.3 is 6.18 Å². The lowest BCUT2D eigenvalue weighted by molar-refractivity contribution is -0.138. The van der Waals surface area contributed by atoms with E-state index < -0.39 is 17.6 Å². The van der Waals surface area contributed by atoms with Gasteiger partial charge in [-0.3, -0.25) is 4.79 Å². The van der Waals surface area contributed by atoms with E-state index in [4.69, 9.17) is 4.74 Å². The summed E-state index contributed by atoms with van der Waals surface area (Å²) in [4.78, 5) is 11.4. The van der Waals surface area contributed by atoms with Crippen LogP contribution in [-0.4, -0.2) is 29.3 Å². The third-order valence-electron chi connectivity index (χ3n) is 3.34. The first-order valence-electron chi connectivity index (χ1n) is 7.87. The van der Waals surface area contributed by atoms with Gasteiger partial charge in [0, 0.05) is 13.6 Å². The monoisotopic (exact) mass is 368 g/mol. The van der Waals surface area contributed by atoms with Gasteiger partial charge in [0.2, 0.25) is 0 Å². The predicted octanol–water partition coefficient (Wildman–Crippen LogP) is 3.25. The molecule has 0 aliphatic rings. The van der Waals surface area contributed by atoms with Crippen LogP contribution >= 0.6 is 0 Å². The van der Waals surface area contributed by atoms with Crippen LogP contribution in [0.25, 0.3) is 0 Å². The minimum Gasteiger partial charge on any atom is -0.491 e. The van der Waals surface area contributed by atoms with E-state index in [2.05, 4.69) is 20.8 Å². The number of alkyl halides is 3. The van der Waals surface area contributed by atoms with E-state index >= 15 is 0 Å². The van der Waals surface area contributed by atoms with E-state index in [1.54, 1.807) is 13.8 Å². The number of carbonyl (C=O) groups is 1. The van der Waals surface area contributed by atoms with Crippen molar-refractivity contribution < 1.29 is 22.7 Å². The predicted molar refractivity (Wildman–Crippen MR) is 90.0 cm³/mol. The molecule has 0 atom stereocenters. The summed E-state index contributed by atoms with van der Waals surface area (Å²) in [5.41, 5.74) is -0.618. The van der Waals surface area contributed by atoms with Crippen LogP contribution < -0.4 is 15.4 Å². The number of nitrogens with one attached hydrogen (secondary N) is 2. The fraction of sp³-hybridized carbons (Fsp3) is 0.353. The zero-order valence-corrected chi connectivity index (χ0v) is 14.5. The Kier molecular flexibility index (Phi) is 6.01.